The summed E-state index contributed by atoms with van der Waals surface area (Å²) in [5.74, 6) is 1.81. The highest BCUT2D eigenvalue weighted by Gasteiger charge is 2.19. The van der Waals surface area contributed by atoms with Gasteiger partial charge in [0.05, 0.1) is 0 Å². The first-order valence-electron chi connectivity index (χ1n) is 6.37. The number of unbranched alkanes of at least 4 members (excludes halogenated alkanes) is 1. The first kappa shape index (κ1) is 13.2. The van der Waals surface area contributed by atoms with Gasteiger partial charge in [0.15, 0.2) is 0 Å². The molecule has 1 rings (SSSR count). The second-order valence-corrected chi connectivity index (χ2v) is 6.23. The fourth-order valence-electron chi connectivity index (χ4n) is 2.15. The van der Waals surface area contributed by atoms with Crippen molar-refractivity contribution >= 4 is 10.8 Å². The summed E-state index contributed by atoms with van der Waals surface area (Å²) in [5.41, 5.74) is 0. The predicted molar refractivity (Wildman–Crippen MR) is 67.6 cm³/mol. The standard InChI is InChI=1S/C12H25NOS/c1-3-5-6-11(4-2)13-12-7-9-15(14)10-8-12/h11-13H,3-10H2,1-2H3. The molecular formula is C12H25NOS. The lowest BCUT2D eigenvalue weighted by Crippen LogP contribution is -2.41. The van der Waals surface area contributed by atoms with Gasteiger partial charge in [-0.15, -0.1) is 0 Å². The van der Waals surface area contributed by atoms with Crippen molar-refractivity contribution in [2.24, 2.45) is 0 Å². The third-order valence-electron chi connectivity index (χ3n) is 3.26. The Morgan fingerprint density at radius 3 is 2.53 bits per heavy atom. The molecule has 1 aliphatic heterocycles. The van der Waals surface area contributed by atoms with Crippen molar-refractivity contribution in [1.29, 1.82) is 0 Å². The van der Waals surface area contributed by atoms with Crippen LogP contribution in [0.1, 0.15) is 52.4 Å². The molecule has 1 heterocycles. The molecule has 0 aromatic carbocycles. The molecule has 1 atom stereocenters. The van der Waals surface area contributed by atoms with Crippen molar-refractivity contribution in [1.82, 2.24) is 5.32 Å². The van der Waals surface area contributed by atoms with Gasteiger partial charge in [-0.2, -0.15) is 0 Å². The molecule has 0 bridgehead atoms. The van der Waals surface area contributed by atoms with E-state index in [0.717, 1.165) is 24.3 Å². The van der Waals surface area contributed by atoms with Crippen molar-refractivity contribution in [2.45, 2.75) is 64.5 Å². The topological polar surface area (TPSA) is 29.1 Å². The fourth-order valence-corrected chi connectivity index (χ4v) is 3.45. The van der Waals surface area contributed by atoms with E-state index < -0.39 is 10.8 Å². The average molecular weight is 231 g/mol. The van der Waals surface area contributed by atoms with E-state index in [-0.39, 0.29) is 0 Å². The quantitative estimate of drug-likeness (QED) is 0.761. The van der Waals surface area contributed by atoms with Crippen LogP contribution in [0.4, 0.5) is 0 Å². The van der Waals surface area contributed by atoms with Gasteiger partial charge in [-0.3, -0.25) is 4.21 Å². The van der Waals surface area contributed by atoms with Crippen LogP contribution in [0.3, 0.4) is 0 Å². The normalized spacial score (nSPS) is 28.9. The maximum atomic E-state index is 11.2. The molecule has 90 valence electrons. The molecule has 0 saturated carbocycles. The fraction of sp³-hybridized carbons (Fsp3) is 1.00. The van der Waals surface area contributed by atoms with Crippen molar-refractivity contribution < 1.29 is 4.21 Å². The molecule has 1 N–H and O–H groups in total. The van der Waals surface area contributed by atoms with E-state index in [0.29, 0.717) is 12.1 Å². The van der Waals surface area contributed by atoms with Gasteiger partial charge in [-0.25, -0.2) is 0 Å². The third kappa shape index (κ3) is 5.12. The maximum absolute atomic E-state index is 11.2. The van der Waals surface area contributed by atoms with E-state index in [4.69, 9.17) is 0 Å². The Morgan fingerprint density at radius 2 is 2.00 bits per heavy atom. The van der Waals surface area contributed by atoms with Gasteiger partial charge in [0.1, 0.15) is 0 Å². The first-order valence-corrected chi connectivity index (χ1v) is 7.86. The summed E-state index contributed by atoms with van der Waals surface area (Å²) in [6, 6.07) is 1.31. The van der Waals surface area contributed by atoms with Crippen LogP contribution in [0.2, 0.25) is 0 Å². The Balaban J connectivity index is 2.22. The number of hydrogen-bond acceptors (Lipinski definition) is 2. The zero-order chi connectivity index (χ0) is 11.1. The summed E-state index contributed by atoms with van der Waals surface area (Å²) in [4.78, 5) is 0. The molecule has 0 radical (unpaired) electrons. The highest BCUT2D eigenvalue weighted by Crippen LogP contribution is 2.13. The Kier molecular flexibility index (Phi) is 6.50. The van der Waals surface area contributed by atoms with Crippen LogP contribution in [-0.2, 0) is 10.8 Å². The SMILES string of the molecule is CCCCC(CC)NC1CCS(=O)CC1. The minimum absolute atomic E-state index is 0.523. The zero-order valence-electron chi connectivity index (χ0n) is 10.1. The van der Waals surface area contributed by atoms with E-state index in [1.54, 1.807) is 0 Å². The third-order valence-corrected chi connectivity index (χ3v) is 4.64. The Hall–Kier alpha value is 0.110. The molecule has 0 aromatic rings. The molecule has 0 aromatic heterocycles. The van der Waals surface area contributed by atoms with Crippen LogP contribution in [0, 0.1) is 0 Å². The van der Waals surface area contributed by atoms with Gasteiger partial charge in [0.2, 0.25) is 0 Å². The molecule has 3 heteroatoms. The molecule has 1 unspecified atom stereocenters. The molecule has 1 fully saturated rings. The van der Waals surface area contributed by atoms with Gasteiger partial charge in [-0.05, 0) is 25.7 Å². The van der Waals surface area contributed by atoms with E-state index in [1.165, 1.54) is 25.7 Å². The molecule has 0 aliphatic carbocycles. The molecule has 1 aliphatic rings. The smallest absolute Gasteiger partial charge is 0.0249 e. The van der Waals surface area contributed by atoms with Crippen LogP contribution in [0.25, 0.3) is 0 Å². The Morgan fingerprint density at radius 1 is 1.33 bits per heavy atom. The summed E-state index contributed by atoms with van der Waals surface area (Å²) in [7, 11) is -0.523. The monoisotopic (exact) mass is 231 g/mol. The summed E-state index contributed by atoms with van der Waals surface area (Å²) in [6.45, 7) is 4.50. The van der Waals surface area contributed by atoms with E-state index in [1.807, 2.05) is 0 Å². The molecular weight excluding hydrogens is 206 g/mol. The van der Waals surface area contributed by atoms with Gasteiger partial charge >= 0.3 is 0 Å². The molecule has 15 heavy (non-hydrogen) atoms. The minimum atomic E-state index is -0.523. The van der Waals surface area contributed by atoms with Crippen LogP contribution in [-0.4, -0.2) is 27.8 Å². The second kappa shape index (κ2) is 7.39. The van der Waals surface area contributed by atoms with Crippen molar-refractivity contribution in [3.63, 3.8) is 0 Å². The predicted octanol–water partition coefficient (Wildman–Crippen LogP) is 2.46. The number of rotatable bonds is 6. The van der Waals surface area contributed by atoms with E-state index >= 15 is 0 Å². The molecule has 2 nitrogen and oxygen atoms in total. The van der Waals surface area contributed by atoms with Crippen LogP contribution >= 0.6 is 0 Å². The number of nitrogens with one attached hydrogen (secondary N) is 1. The second-order valence-electron chi connectivity index (χ2n) is 4.54. The van der Waals surface area contributed by atoms with E-state index in [9.17, 15) is 4.21 Å². The van der Waals surface area contributed by atoms with Crippen molar-refractivity contribution in [2.75, 3.05) is 11.5 Å². The van der Waals surface area contributed by atoms with Crippen LogP contribution < -0.4 is 5.32 Å². The van der Waals surface area contributed by atoms with Crippen molar-refractivity contribution in [3.05, 3.63) is 0 Å². The maximum Gasteiger partial charge on any atom is 0.0249 e. The lowest BCUT2D eigenvalue weighted by Gasteiger charge is -2.27. The zero-order valence-corrected chi connectivity index (χ0v) is 10.9. The highest BCUT2D eigenvalue weighted by molar-refractivity contribution is 7.85. The Labute approximate surface area is 96.7 Å². The summed E-state index contributed by atoms with van der Waals surface area (Å²) >= 11 is 0. The largest absolute Gasteiger partial charge is 0.311 e. The molecule has 0 spiro atoms. The van der Waals surface area contributed by atoms with Gasteiger partial charge in [0.25, 0.3) is 0 Å². The summed E-state index contributed by atoms with van der Waals surface area (Å²) < 4.78 is 11.2. The first-order chi connectivity index (χ1) is 7.26. The molecule has 1 saturated heterocycles. The number of hydrogen-bond donors (Lipinski definition) is 1. The van der Waals surface area contributed by atoms with Gasteiger partial charge in [-0.1, -0.05) is 26.7 Å². The van der Waals surface area contributed by atoms with E-state index in [2.05, 4.69) is 19.2 Å². The highest BCUT2D eigenvalue weighted by atomic mass is 32.2. The minimum Gasteiger partial charge on any atom is -0.311 e. The Bertz CT molecular complexity index is 186. The van der Waals surface area contributed by atoms with Crippen molar-refractivity contribution in [3.8, 4) is 0 Å². The van der Waals surface area contributed by atoms with Gasteiger partial charge < -0.3 is 5.32 Å². The lowest BCUT2D eigenvalue weighted by atomic mass is 10.0. The summed E-state index contributed by atoms with van der Waals surface area (Å²) in [5, 5.41) is 3.73. The summed E-state index contributed by atoms with van der Waals surface area (Å²) in [6.07, 6.45) is 7.34. The van der Waals surface area contributed by atoms with Crippen LogP contribution in [0.15, 0.2) is 0 Å². The van der Waals surface area contributed by atoms with Crippen LogP contribution in [0.5, 0.6) is 0 Å². The molecule has 0 amide bonds. The lowest BCUT2D eigenvalue weighted by molar-refractivity contribution is 0.373. The van der Waals surface area contributed by atoms with Gasteiger partial charge in [0, 0.05) is 34.4 Å². The average Bonchev–Trinajstić information content (AvgIpc) is 2.27.